The highest BCUT2D eigenvalue weighted by Crippen LogP contribution is 2.22. The summed E-state index contributed by atoms with van der Waals surface area (Å²) in [6.45, 7) is 1.40. The van der Waals surface area contributed by atoms with Gasteiger partial charge in [-0.1, -0.05) is 23.7 Å². The van der Waals surface area contributed by atoms with Gasteiger partial charge >= 0.3 is 0 Å². The number of para-hydroxylation sites is 1. The maximum absolute atomic E-state index is 12.8. The number of halogens is 1. The summed E-state index contributed by atoms with van der Waals surface area (Å²) in [5.41, 5.74) is 0.887. The van der Waals surface area contributed by atoms with Crippen molar-refractivity contribution in [3.63, 3.8) is 0 Å². The van der Waals surface area contributed by atoms with Crippen LogP contribution in [-0.2, 0) is 10.0 Å². The summed E-state index contributed by atoms with van der Waals surface area (Å²) in [5, 5.41) is 1.01. The van der Waals surface area contributed by atoms with Crippen molar-refractivity contribution in [1.82, 2.24) is 4.31 Å². The van der Waals surface area contributed by atoms with E-state index in [2.05, 4.69) is 0 Å². The highest BCUT2D eigenvalue weighted by atomic mass is 35.5. The molecular formula is C19H17ClN2O4S. The molecule has 3 aromatic rings. The van der Waals surface area contributed by atoms with E-state index in [0.29, 0.717) is 34.8 Å². The molecule has 140 valence electrons. The Balaban J connectivity index is 1.55. The van der Waals surface area contributed by atoms with Crippen molar-refractivity contribution in [3.8, 4) is 0 Å². The van der Waals surface area contributed by atoms with Gasteiger partial charge in [-0.3, -0.25) is 4.79 Å². The molecule has 0 amide bonds. The molecule has 27 heavy (non-hydrogen) atoms. The van der Waals surface area contributed by atoms with E-state index in [1.807, 2.05) is 11.0 Å². The topological polar surface area (TPSA) is 70.8 Å². The zero-order chi connectivity index (χ0) is 19.0. The van der Waals surface area contributed by atoms with E-state index in [9.17, 15) is 13.2 Å². The first-order valence-corrected chi connectivity index (χ1v) is 10.3. The molecule has 0 radical (unpaired) electrons. The molecule has 0 spiro atoms. The molecule has 6 nitrogen and oxygen atoms in total. The van der Waals surface area contributed by atoms with Crippen molar-refractivity contribution in [1.29, 1.82) is 0 Å². The van der Waals surface area contributed by atoms with Crippen LogP contribution in [0, 0.1) is 0 Å². The zero-order valence-electron chi connectivity index (χ0n) is 14.3. The lowest BCUT2D eigenvalue weighted by Crippen LogP contribution is -2.49. The summed E-state index contributed by atoms with van der Waals surface area (Å²) in [4.78, 5) is 14.8. The van der Waals surface area contributed by atoms with E-state index in [4.69, 9.17) is 16.0 Å². The molecule has 8 heteroatoms. The van der Waals surface area contributed by atoms with Crippen LogP contribution in [0.4, 0.5) is 5.69 Å². The van der Waals surface area contributed by atoms with Crippen LogP contribution in [0.5, 0.6) is 0 Å². The van der Waals surface area contributed by atoms with Crippen LogP contribution < -0.4 is 10.3 Å². The first kappa shape index (κ1) is 18.0. The van der Waals surface area contributed by atoms with Crippen LogP contribution in [0.2, 0.25) is 5.02 Å². The lowest BCUT2D eigenvalue weighted by atomic mass is 10.2. The van der Waals surface area contributed by atoms with Gasteiger partial charge in [-0.25, -0.2) is 8.42 Å². The molecule has 1 aliphatic rings. The molecule has 2 aromatic carbocycles. The average molecular weight is 405 g/mol. The minimum Gasteiger partial charge on any atom is -0.462 e. The predicted octanol–water partition coefficient (Wildman–Crippen LogP) is 2.96. The summed E-state index contributed by atoms with van der Waals surface area (Å²) >= 11 is 5.84. The molecule has 4 rings (SSSR count). The van der Waals surface area contributed by atoms with E-state index >= 15 is 0 Å². The molecule has 0 atom stereocenters. The molecule has 0 N–H and O–H groups in total. The third-order valence-electron chi connectivity index (χ3n) is 4.69. The molecule has 1 fully saturated rings. The Morgan fingerprint density at radius 3 is 2.30 bits per heavy atom. The molecule has 1 aliphatic heterocycles. The van der Waals surface area contributed by atoms with Gasteiger partial charge in [-0.2, -0.15) is 4.31 Å². The van der Waals surface area contributed by atoms with Gasteiger partial charge in [0.1, 0.15) is 17.5 Å². The largest absolute Gasteiger partial charge is 0.462 e. The van der Waals surface area contributed by atoms with Crippen molar-refractivity contribution in [2.24, 2.45) is 0 Å². The van der Waals surface area contributed by atoms with Gasteiger partial charge in [0.05, 0.1) is 10.3 Å². The number of hydrogen-bond donors (Lipinski definition) is 0. The van der Waals surface area contributed by atoms with Gasteiger partial charge in [-0.05, 0) is 36.4 Å². The SMILES string of the molecule is O=c1c(N2CCN(S(=O)(=O)c3ccc(Cl)cc3)CC2)coc2ccccc12. The number of piperazine rings is 1. The van der Waals surface area contributed by atoms with Crippen LogP contribution in [0.25, 0.3) is 11.0 Å². The Morgan fingerprint density at radius 1 is 0.926 bits per heavy atom. The lowest BCUT2D eigenvalue weighted by Gasteiger charge is -2.34. The molecule has 0 aliphatic carbocycles. The summed E-state index contributed by atoms with van der Waals surface area (Å²) in [7, 11) is -3.58. The van der Waals surface area contributed by atoms with Crippen LogP contribution >= 0.6 is 11.6 Å². The number of anilines is 1. The quantitative estimate of drug-likeness (QED) is 0.671. The summed E-state index contributed by atoms with van der Waals surface area (Å²) in [6, 6.07) is 13.2. The standard InChI is InChI=1S/C19H17ClN2O4S/c20-14-5-7-15(8-6-14)27(24,25)22-11-9-21(10-12-22)17-13-26-18-4-2-1-3-16(18)19(17)23/h1-8,13H,9-12H2. The molecule has 0 bridgehead atoms. The van der Waals surface area contributed by atoms with Gasteiger partial charge in [0.2, 0.25) is 15.5 Å². The number of benzene rings is 2. The monoisotopic (exact) mass is 404 g/mol. The average Bonchev–Trinajstić information content (AvgIpc) is 2.69. The zero-order valence-corrected chi connectivity index (χ0v) is 15.9. The van der Waals surface area contributed by atoms with E-state index in [1.165, 1.54) is 22.7 Å². The number of fused-ring (bicyclic) bond motifs is 1. The van der Waals surface area contributed by atoms with E-state index < -0.39 is 10.0 Å². The fraction of sp³-hybridized carbons (Fsp3) is 0.211. The second-order valence-corrected chi connectivity index (χ2v) is 8.67. The summed E-state index contributed by atoms with van der Waals surface area (Å²) < 4.78 is 32.5. The molecular weight excluding hydrogens is 388 g/mol. The maximum Gasteiger partial charge on any atom is 0.243 e. The van der Waals surface area contributed by atoms with Crippen LogP contribution in [0.15, 0.2) is 68.9 Å². The summed E-state index contributed by atoms with van der Waals surface area (Å²) in [5.74, 6) is 0. The number of sulfonamides is 1. The Morgan fingerprint density at radius 2 is 1.59 bits per heavy atom. The van der Waals surface area contributed by atoms with E-state index in [-0.39, 0.29) is 23.4 Å². The van der Waals surface area contributed by atoms with Gasteiger partial charge in [-0.15, -0.1) is 0 Å². The molecule has 1 aromatic heterocycles. The van der Waals surface area contributed by atoms with Gasteiger partial charge in [0.15, 0.2) is 0 Å². The van der Waals surface area contributed by atoms with Crippen molar-refractivity contribution in [3.05, 3.63) is 70.0 Å². The highest BCUT2D eigenvalue weighted by molar-refractivity contribution is 7.89. The molecule has 0 saturated carbocycles. The van der Waals surface area contributed by atoms with Crippen molar-refractivity contribution in [2.45, 2.75) is 4.90 Å². The van der Waals surface area contributed by atoms with E-state index in [1.54, 1.807) is 30.3 Å². The normalized spacial score (nSPS) is 16.0. The maximum atomic E-state index is 12.8. The number of hydrogen-bond acceptors (Lipinski definition) is 5. The first-order valence-electron chi connectivity index (χ1n) is 8.48. The van der Waals surface area contributed by atoms with Crippen LogP contribution in [0.1, 0.15) is 0 Å². The van der Waals surface area contributed by atoms with Crippen molar-refractivity contribution < 1.29 is 12.8 Å². The van der Waals surface area contributed by atoms with Crippen LogP contribution in [-0.4, -0.2) is 38.9 Å². The highest BCUT2D eigenvalue weighted by Gasteiger charge is 2.29. The Labute approximate surface area is 161 Å². The molecule has 0 unspecified atom stereocenters. The molecule has 2 heterocycles. The number of nitrogens with zero attached hydrogens (tertiary/aromatic N) is 2. The smallest absolute Gasteiger partial charge is 0.243 e. The Kier molecular flexibility index (Phi) is 4.67. The second kappa shape index (κ2) is 6.99. The number of rotatable bonds is 3. The second-order valence-electron chi connectivity index (χ2n) is 6.29. The minimum atomic E-state index is -3.58. The fourth-order valence-corrected chi connectivity index (χ4v) is 4.76. The Bertz CT molecular complexity index is 1130. The minimum absolute atomic E-state index is 0.106. The predicted molar refractivity (Wildman–Crippen MR) is 105 cm³/mol. The summed E-state index contributed by atoms with van der Waals surface area (Å²) in [6.07, 6.45) is 1.45. The van der Waals surface area contributed by atoms with Gasteiger partial charge in [0, 0.05) is 31.2 Å². The first-order chi connectivity index (χ1) is 13.0. The Hall–Kier alpha value is -2.35. The molecule has 1 saturated heterocycles. The van der Waals surface area contributed by atoms with Gasteiger partial charge in [0.25, 0.3) is 0 Å². The van der Waals surface area contributed by atoms with E-state index in [0.717, 1.165) is 0 Å². The third-order valence-corrected chi connectivity index (χ3v) is 6.86. The van der Waals surface area contributed by atoms with Crippen LogP contribution in [0.3, 0.4) is 0 Å². The van der Waals surface area contributed by atoms with Gasteiger partial charge < -0.3 is 9.32 Å². The fourth-order valence-electron chi connectivity index (χ4n) is 3.21. The van der Waals surface area contributed by atoms with Crippen molar-refractivity contribution in [2.75, 3.05) is 31.1 Å². The van der Waals surface area contributed by atoms with Crippen molar-refractivity contribution >= 4 is 38.3 Å². The third kappa shape index (κ3) is 3.34. The lowest BCUT2D eigenvalue weighted by molar-refractivity contribution is 0.383.